The van der Waals surface area contributed by atoms with Crippen molar-refractivity contribution in [3.8, 4) is 0 Å². The molecule has 0 saturated carbocycles. The fraction of sp³-hybridized carbons (Fsp3) is 0.571. The molecule has 0 radical (unpaired) electrons. The van der Waals surface area contributed by atoms with Gasteiger partial charge in [-0.2, -0.15) is 0 Å². The van der Waals surface area contributed by atoms with Gasteiger partial charge in [0.15, 0.2) is 0 Å². The molecule has 1 nitrogen and oxygen atoms in total. The Morgan fingerprint density at radius 1 is 1.13 bits per heavy atom. The lowest BCUT2D eigenvalue weighted by atomic mass is 9.91. The van der Waals surface area contributed by atoms with E-state index >= 15 is 0 Å². The predicted molar refractivity (Wildman–Crippen MR) is 66.9 cm³/mol. The summed E-state index contributed by atoms with van der Waals surface area (Å²) in [6.45, 7) is 7.80. The number of hydrogen-bond donors (Lipinski definition) is 1. The van der Waals surface area contributed by atoms with Crippen LogP contribution >= 0.6 is 0 Å². The summed E-state index contributed by atoms with van der Waals surface area (Å²) in [6.07, 6.45) is 2.54. The third kappa shape index (κ3) is 3.67. The van der Waals surface area contributed by atoms with Gasteiger partial charge in [-0.1, -0.05) is 57.5 Å². The number of benzene rings is 1. The third-order valence-electron chi connectivity index (χ3n) is 2.90. The summed E-state index contributed by atoms with van der Waals surface area (Å²) in [5.41, 5.74) is 1.42. The van der Waals surface area contributed by atoms with E-state index in [0.29, 0.717) is 12.0 Å². The summed E-state index contributed by atoms with van der Waals surface area (Å²) in [5.74, 6) is 0.706. The van der Waals surface area contributed by atoms with Crippen LogP contribution in [0.4, 0.5) is 0 Å². The lowest BCUT2D eigenvalue weighted by molar-refractivity contribution is 0.369. The molecule has 0 aliphatic rings. The molecule has 2 atom stereocenters. The Morgan fingerprint density at radius 3 is 2.33 bits per heavy atom. The third-order valence-corrected chi connectivity index (χ3v) is 2.90. The van der Waals surface area contributed by atoms with Crippen LogP contribution in [-0.4, -0.2) is 6.54 Å². The molecule has 1 heteroatoms. The van der Waals surface area contributed by atoms with Gasteiger partial charge in [0, 0.05) is 6.04 Å². The molecule has 2 unspecified atom stereocenters. The maximum absolute atomic E-state index is 3.58. The summed E-state index contributed by atoms with van der Waals surface area (Å²) >= 11 is 0. The standard InChI is InChI=1S/C14H23N/c1-4-9-12(3)14(15-5-2)13-10-7-6-8-11-13/h6-8,10-12,14-15H,4-5,9H2,1-3H3. The minimum atomic E-state index is 0.510. The Balaban J connectivity index is 2.73. The van der Waals surface area contributed by atoms with Gasteiger partial charge >= 0.3 is 0 Å². The second-order valence-corrected chi connectivity index (χ2v) is 4.21. The normalized spacial score (nSPS) is 14.9. The highest BCUT2D eigenvalue weighted by Crippen LogP contribution is 2.25. The Morgan fingerprint density at radius 2 is 1.80 bits per heavy atom. The molecule has 0 aromatic heterocycles. The first kappa shape index (κ1) is 12.3. The minimum Gasteiger partial charge on any atom is -0.310 e. The van der Waals surface area contributed by atoms with Gasteiger partial charge in [-0.25, -0.2) is 0 Å². The van der Waals surface area contributed by atoms with Gasteiger partial charge < -0.3 is 5.32 Å². The van der Waals surface area contributed by atoms with E-state index in [2.05, 4.69) is 56.4 Å². The molecule has 0 aliphatic carbocycles. The SMILES string of the molecule is CCCC(C)C(NCC)c1ccccc1. The van der Waals surface area contributed by atoms with E-state index in [1.54, 1.807) is 0 Å². The molecule has 1 aromatic carbocycles. The van der Waals surface area contributed by atoms with Crippen LogP contribution in [0.1, 0.15) is 45.2 Å². The van der Waals surface area contributed by atoms with Crippen molar-refractivity contribution in [3.05, 3.63) is 35.9 Å². The van der Waals surface area contributed by atoms with Crippen LogP contribution in [0.2, 0.25) is 0 Å². The van der Waals surface area contributed by atoms with Gasteiger partial charge in [0.1, 0.15) is 0 Å². The van der Waals surface area contributed by atoms with E-state index in [1.165, 1.54) is 18.4 Å². The summed E-state index contributed by atoms with van der Waals surface area (Å²) in [6, 6.07) is 11.3. The lowest BCUT2D eigenvalue weighted by Crippen LogP contribution is -2.26. The molecule has 0 heterocycles. The monoisotopic (exact) mass is 205 g/mol. The van der Waals surface area contributed by atoms with Crippen LogP contribution in [0, 0.1) is 5.92 Å². The minimum absolute atomic E-state index is 0.510. The van der Waals surface area contributed by atoms with Crippen molar-refractivity contribution in [3.63, 3.8) is 0 Å². The lowest BCUT2D eigenvalue weighted by Gasteiger charge is -2.25. The quantitative estimate of drug-likeness (QED) is 0.745. The van der Waals surface area contributed by atoms with Gasteiger partial charge in [-0.3, -0.25) is 0 Å². The summed E-state index contributed by atoms with van der Waals surface area (Å²) < 4.78 is 0. The van der Waals surface area contributed by atoms with E-state index < -0.39 is 0 Å². The Kier molecular flexibility index (Phi) is 5.41. The van der Waals surface area contributed by atoms with Crippen molar-refractivity contribution >= 4 is 0 Å². The smallest absolute Gasteiger partial charge is 0.0345 e. The van der Waals surface area contributed by atoms with Crippen LogP contribution in [0.15, 0.2) is 30.3 Å². The summed E-state index contributed by atoms with van der Waals surface area (Å²) in [4.78, 5) is 0. The van der Waals surface area contributed by atoms with Gasteiger partial charge in [-0.15, -0.1) is 0 Å². The van der Waals surface area contributed by atoms with Crippen molar-refractivity contribution in [2.45, 2.75) is 39.7 Å². The largest absolute Gasteiger partial charge is 0.310 e. The molecule has 1 N–H and O–H groups in total. The van der Waals surface area contributed by atoms with Gasteiger partial charge in [0.05, 0.1) is 0 Å². The topological polar surface area (TPSA) is 12.0 Å². The zero-order valence-corrected chi connectivity index (χ0v) is 10.2. The first-order valence-corrected chi connectivity index (χ1v) is 6.07. The van der Waals surface area contributed by atoms with E-state index in [1.807, 2.05) is 0 Å². The van der Waals surface area contributed by atoms with Crippen molar-refractivity contribution < 1.29 is 0 Å². The molecule has 15 heavy (non-hydrogen) atoms. The van der Waals surface area contributed by atoms with Gasteiger partial charge in [-0.05, 0) is 24.4 Å². The number of hydrogen-bond acceptors (Lipinski definition) is 1. The molecule has 0 spiro atoms. The van der Waals surface area contributed by atoms with Crippen molar-refractivity contribution in [1.29, 1.82) is 0 Å². The average Bonchev–Trinajstić information content (AvgIpc) is 2.27. The van der Waals surface area contributed by atoms with E-state index in [4.69, 9.17) is 0 Å². The first-order valence-electron chi connectivity index (χ1n) is 6.07. The average molecular weight is 205 g/mol. The second-order valence-electron chi connectivity index (χ2n) is 4.21. The molecular weight excluding hydrogens is 182 g/mol. The Bertz CT molecular complexity index is 255. The molecular formula is C14H23N. The molecule has 0 aliphatic heterocycles. The zero-order valence-electron chi connectivity index (χ0n) is 10.2. The highest BCUT2D eigenvalue weighted by Gasteiger charge is 2.16. The number of rotatable bonds is 6. The zero-order chi connectivity index (χ0) is 11.1. The summed E-state index contributed by atoms with van der Waals surface area (Å²) in [5, 5.41) is 3.58. The molecule has 0 fully saturated rings. The molecule has 0 saturated heterocycles. The second kappa shape index (κ2) is 6.62. The van der Waals surface area contributed by atoms with Crippen LogP contribution < -0.4 is 5.32 Å². The van der Waals surface area contributed by atoms with Crippen molar-refractivity contribution in [1.82, 2.24) is 5.32 Å². The highest BCUT2D eigenvalue weighted by molar-refractivity contribution is 5.19. The molecule has 1 rings (SSSR count). The molecule has 1 aromatic rings. The van der Waals surface area contributed by atoms with Crippen LogP contribution in [0.25, 0.3) is 0 Å². The maximum atomic E-state index is 3.58. The fourth-order valence-corrected chi connectivity index (χ4v) is 2.15. The first-order chi connectivity index (χ1) is 7.29. The Hall–Kier alpha value is -0.820. The van der Waals surface area contributed by atoms with E-state index in [0.717, 1.165) is 6.54 Å². The highest BCUT2D eigenvalue weighted by atomic mass is 14.9. The number of nitrogens with one attached hydrogen (secondary N) is 1. The maximum Gasteiger partial charge on any atom is 0.0345 e. The van der Waals surface area contributed by atoms with Crippen molar-refractivity contribution in [2.75, 3.05) is 6.54 Å². The Labute approximate surface area is 93.9 Å². The molecule has 0 amide bonds. The van der Waals surface area contributed by atoms with E-state index in [-0.39, 0.29) is 0 Å². The van der Waals surface area contributed by atoms with Crippen LogP contribution in [0.3, 0.4) is 0 Å². The molecule has 0 bridgehead atoms. The summed E-state index contributed by atoms with van der Waals surface area (Å²) in [7, 11) is 0. The van der Waals surface area contributed by atoms with E-state index in [9.17, 15) is 0 Å². The molecule has 84 valence electrons. The van der Waals surface area contributed by atoms with Crippen LogP contribution in [0.5, 0.6) is 0 Å². The van der Waals surface area contributed by atoms with Crippen molar-refractivity contribution in [2.24, 2.45) is 5.92 Å². The van der Waals surface area contributed by atoms with Gasteiger partial charge in [0.25, 0.3) is 0 Å². The van der Waals surface area contributed by atoms with Crippen LogP contribution in [-0.2, 0) is 0 Å². The van der Waals surface area contributed by atoms with Gasteiger partial charge in [0.2, 0.25) is 0 Å². The fourth-order valence-electron chi connectivity index (χ4n) is 2.15. The predicted octanol–water partition coefficient (Wildman–Crippen LogP) is 3.77.